The van der Waals surface area contributed by atoms with Gasteiger partial charge in [-0.2, -0.15) is 0 Å². The van der Waals surface area contributed by atoms with Gasteiger partial charge in [0.05, 0.1) is 0 Å². The maximum Gasteiger partial charge on any atom is 0.306 e. The van der Waals surface area contributed by atoms with Crippen molar-refractivity contribution in [2.24, 2.45) is 0 Å². The SMILES string of the molecule is CC/C=C/C=C/C=C/C=C/CCCCCC(=O)OCC(COC(=O)CCCCCCCCCCCCCCCCCC)OC(=O)CCCCC/C=C/CCCCCCCCC. The Kier molecular flexibility index (Phi) is 47.4. The molecule has 0 N–H and O–H groups in total. The van der Waals surface area contributed by atoms with Gasteiger partial charge in [0.25, 0.3) is 0 Å². The van der Waals surface area contributed by atoms with E-state index < -0.39 is 6.10 Å². The van der Waals surface area contributed by atoms with Crippen LogP contribution < -0.4 is 0 Å². The van der Waals surface area contributed by atoms with Crippen molar-refractivity contribution < 1.29 is 28.6 Å². The van der Waals surface area contributed by atoms with Crippen LogP contribution in [-0.2, 0) is 28.6 Å². The first-order valence-electron chi connectivity index (χ1n) is 25.8. The Morgan fingerprint density at radius 3 is 1.07 bits per heavy atom. The maximum atomic E-state index is 12.8. The van der Waals surface area contributed by atoms with Crippen molar-refractivity contribution in [2.45, 2.75) is 258 Å². The highest BCUT2D eigenvalue weighted by atomic mass is 16.6. The molecule has 352 valence electrons. The Hall–Kier alpha value is -2.89. The summed E-state index contributed by atoms with van der Waals surface area (Å²) in [7, 11) is 0. The van der Waals surface area contributed by atoms with Gasteiger partial charge < -0.3 is 14.2 Å². The molecule has 0 aromatic heterocycles. The van der Waals surface area contributed by atoms with Crippen LogP contribution in [0.2, 0.25) is 0 Å². The summed E-state index contributed by atoms with van der Waals surface area (Å²) < 4.78 is 16.7. The number of hydrogen-bond donors (Lipinski definition) is 0. The third kappa shape index (κ3) is 48.0. The molecule has 6 nitrogen and oxygen atoms in total. The monoisotopic (exact) mass is 853 g/mol. The largest absolute Gasteiger partial charge is 0.462 e. The minimum absolute atomic E-state index is 0.0910. The fourth-order valence-corrected chi connectivity index (χ4v) is 7.21. The Morgan fingerprint density at radius 1 is 0.344 bits per heavy atom. The summed E-state index contributed by atoms with van der Waals surface area (Å²) in [5, 5.41) is 0. The van der Waals surface area contributed by atoms with E-state index >= 15 is 0 Å². The van der Waals surface area contributed by atoms with Crippen molar-refractivity contribution in [3.8, 4) is 0 Å². The molecule has 0 aliphatic heterocycles. The molecule has 0 aromatic carbocycles. The van der Waals surface area contributed by atoms with Crippen LogP contribution in [-0.4, -0.2) is 37.2 Å². The topological polar surface area (TPSA) is 78.9 Å². The molecule has 0 spiro atoms. The average Bonchev–Trinajstić information content (AvgIpc) is 3.26. The lowest BCUT2D eigenvalue weighted by atomic mass is 10.0. The number of rotatable bonds is 46. The van der Waals surface area contributed by atoms with Gasteiger partial charge in [-0.3, -0.25) is 14.4 Å². The number of ether oxygens (including phenoxy) is 3. The summed E-state index contributed by atoms with van der Waals surface area (Å²) in [6, 6.07) is 0. The van der Waals surface area contributed by atoms with Gasteiger partial charge in [0.2, 0.25) is 0 Å². The molecule has 1 unspecified atom stereocenters. The zero-order valence-electron chi connectivity index (χ0n) is 40.2. The molecule has 0 saturated heterocycles. The zero-order valence-corrected chi connectivity index (χ0v) is 40.2. The van der Waals surface area contributed by atoms with Crippen LogP contribution in [0.3, 0.4) is 0 Å². The first kappa shape index (κ1) is 58.1. The molecule has 0 aromatic rings. The number of esters is 3. The van der Waals surface area contributed by atoms with E-state index in [2.05, 4.69) is 45.1 Å². The van der Waals surface area contributed by atoms with Crippen LogP contribution >= 0.6 is 0 Å². The van der Waals surface area contributed by atoms with Crippen LogP contribution in [0.4, 0.5) is 0 Å². The fraction of sp³-hybridized carbons (Fsp3) is 0.764. The first-order valence-corrected chi connectivity index (χ1v) is 25.8. The molecule has 0 radical (unpaired) electrons. The summed E-state index contributed by atoms with van der Waals surface area (Å²) in [5.41, 5.74) is 0. The number of allylic oxidation sites excluding steroid dienone is 10. The van der Waals surface area contributed by atoms with Gasteiger partial charge in [0, 0.05) is 19.3 Å². The first-order chi connectivity index (χ1) is 30.0. The minimum Gasteiger partial charge on any atom is -0.462 e. The highest BCUT2D eigenvalue weighted by Gasteiger charge is 2.19. The Balaban J connectivity index is 4.42. The normalized spacial score (nSPS) is 12.5. The minimum atomic E-state index is -0.795. The van der Waals surface area contributed by atoms with E-state index in [-0.39, 0.29) is 31.1 Å². The molecule has 0 amide bonds. The summed E-state index contributed by atoms with van der Waals surface area (Å²) >= 11 is 0. The maximum absolute atomic E-state index is 12.8. The van der Waals surface area contributed by atoms with E-state index in [1.807, 2.05) is 36.5 Å². The summed E-state index contributed by atoms with van der Waals surface area (Å²) in [6.45, 7) is 6.46. The second kappa shape index (κ2) is 49.8. The molecule has 0 aliphatic carbocycles. The molecule has 0 fully saturated rings. The van der Waals surface area contributed by atoms with Crippen LogP contribution in [0.1, 0.15) is 252 Å². The highest BCUT2D eigenvalue weighted by Crippen LogP contribution is 2.15. The van der Waals surface area contributed by atoms with E-state index in [0.717, 1.165) is 83.5 Å². The van der Waals surface area contributed by atoms with Gasteiger partial charge in [-0.25, -0.2) is 0 Å². The van der Waals surface area contributed by atoms with Crippen LogP contribution in [0, 0.1) is 0 Å². The van der Waals surface area contributed by atoms with Gasteiger partial charge in [-0.05, 0) is 64.2 Å². The van der Waals surface area contributed by atoms with E-state index in [4.69, 9.17) is 14.2 Å². The standard InChI is InChI=1S/C55H96O6/c1-4-7-10-13-16-19-22-25-27-28-31-33-36-39-42-45-48-54(57)60-51-52(50-59-53(56)47-44-41-38-35-32-29-24-21-18-15-12-9-6-3)61-55(58)49-46-43-40-37-34-30-26-23-20-17-14-11-8-5-2/h9,12,15,18,21,24,29-30,32,34,52H,4-8,10-11,13-14,16-17,19-20,22-23,25-28,31,33,35-51H2,1-3H3/b12-9+,18-15+,24-21+,32-29+,34-30+. The third-order valence-corrected chi connectivity index (χ3v) is 11.1. The molecule has 0 bridgehead atoms. The van der Waals surface area contributed by atoms with Crippen LogP contribution in [0.5, 0.6) is 0 Å². The van der Waals surface area contributed by atoms with Gasteiger partial charge in [0.1, 0.15) is 13.2 Å². The molecule has 6 heteroatoms. The lowest BCUT2D eigenvalue weighted by Crippen LogP contribution is -2.30. The van der Waals surface area contributed by atoms with E-state index in [1.54, 1.807) is 0 Å². The van der Waals surface area contributed by atoms with Crippen molar-refractivity contribution in [3.05, 3.63) is 60.8 Å². The number of carbonyl (C=O) groups excluding carboxylic acids is 3. The zero-order chi connectivity index (χ0) is 44.4. The Morgan fingerprint density at radius 2 is 0.656 bits per heavy atom. The van der Waals surface area contributed by atoms with E-state index in [1.165, 1.54) is 128 Å². The van der Waals surface area contributed by atoms with Gasteiger partial charge in [0.15, 0.2) is 6.10 Å². The van der Waals surface area contributed by atoms with Crippen molar-refractivity contribution in [2.75, 3.05) is 13.2 Å². The highest BCUT2D eigenvalue weighted by molar-refractivity contribution is 5.71. The van der Waals surface area contributed by atoms with Gasteiger partial charge in [-0.1, -0.05) is 229 Å². The molecular weight excluding hydrogens is 757 g/mol. The van der Waals surface area contributed by atoms with E-state index in [9.17, 15) is 14.4 Å². The molecule has 0 heterocycles. The van der Waals surface area contributed by atoms with Crippen LogP contribution in [0.25, 0.3) is 0 Å². The summed E-state index contributed by atoms with van der Waals surface area (Å²) in [5.74, 6) is -0.942. The lowest BCUT2D eigenvalue weighted by Gasteiger charge is -2.18. The fourth-order valence-electron chi connectivity index (χ4n) is 7.21. The average molecular weight is 853 g/mol. The quantitative estimate of drug-likeness (QED) is 0.0200. The van der Waals surface area contributed by atoms with Crippen molar-refractivity contribution in [3.63, 3.8) is 0 Å². The molecule has 0 saturated carbocycles. The van der Waals surface area contributed by atoms with Crippen molar-refractivity contribution in [1.82, 2.24) is 0 Å². The Bertz CT molecular complexity index is 1120. The predicted molar refractivity (Wildman–Crippen MR) is 261 cm³/mol. The van der Waals surface area contributed by atoms with Crippen molar-refractivity contribution in [1.29, 1.82) is 0 Å². The van der Waals surface area contributed by atoms with Crippen molar-refractivity contribution >= 4 is 17.9 Å². The number of carbonyl (C=O) groups is 3. The second-order valence-corrected chi connectivity index (χ2v) is 17.1. The Labute approximate surface area is 377 Å². The molecular formula is C55H96O6. The smallest absolute Gasteiger partial charge is 0.306 e. The van der Waals surface area contributed by atoms with Gasteiger partial charge in [-0.15, -0.1) is 0 Å². The van der Waals surface area contributed by atoms with E-state index in [0.29, 0.717) is 19.3 Å². The third-order valence-electron chi connectivity index (χ3n) is 11.1. The summed E-state index contributed by atoms with van der Waals surface area (Å²) in [4.78, 5) is 37.9. The lowest BCUT2D eigenvalue weighted by molar-refractivity contribution is -0.167. The predicted octanol–water partition coefficient (Wildman–Crippen LogP) is 16.9. The molecule has 0 rings (SSSR count). The molecule has 1 atom stereocenters. The molecule has 61 heavy (non-hydrogen) atoms. The number of unbranched alkanes of at least 4 members (excludes halogenated alkanes) is 28. The van der Waals surface area contributed by atoms with Crippen LogP contribution in [0.15, 0.2) is 60.8 Å². The number of hydrogen-bond acceptors (Lipinski definition) is 6. The molecule has 0 aliphatic rings. The second-order valence-electron chi connectivity index (χ2n) is 17.1. The summed E-state index contributed by atoms with van der Waals surface area (Å²) in [6.07, 6.45) is 60.6. The van der Waals surface area contributed by atoms with Gasteiger partial charge >= 0.3 is 17.9 Å².